The molecule has 1 aliphatic rings. The van der Waals surface area contributed by atoms with Gasteiger partial charge in [0.05, 0.1) is 12.5 Å². The maximum absolute atomic E-state index is 11.5. The molecule has 0 radical (unpaired) electrons. The van der Waals surface area contributed by atoms with Crippen LogP contribution >= 0.6 is 0 Å². The summed E-state index contributed by atoms with van der Waals surface area (Å²) in [6.07, 6.45) is -0.574. The minimum atomic E-state index is -0.714. The number of rotatable bonds is 4. The molecule has 0 spiro atoms. The minimum Gasteiger partial charge on any atom is -0.492 e. The molecule has 0 saturated heterocycles. The first-order valence-electron chi connectivity index (χ1n) is 6.10. The lowest BCUT2D eigenvalue weighted by molar-refractivity contribution is -0.152. The minimum absolute atomic E-state index is 0.209. The normalized spacial score (nSPS) is 17.6. The highest BCUT2D eigenvalue weighted by molar-refractivity contribution is 5.75. The Hall–Kier alpha value is -1.75. The third-order valence-corrected chi connectivity index (χ3v) is 3.08. The number of carbonyl (C=O) groups is 1. The number of ether oxygens (including phenoxy) is 3. The molecule has 19 heavy (non-hydrogen) atoms. The van der Waals surface area contributed by atoms with Gasteiger partial charge in [-0.15, -0.1) is 0 Å². The third kappa shape index (κ3) is 2.81. The standard InChI is InChI=1S/C14H18O5/c1-14(2,13(16)17-3)8-19-9-4-5-10-11(15)7-18-12(10)6-9/h4-6,11,15H,7-8H2,1-3H3. The predicted octanol–water partition coefficient (Wildman–Crippen LogP) is 1.69. The number of hydrogen-bond donors (Lipinski definition) is 1. The van der Waals surface area contributed by atoms with Crippen LogP contribution in [0.25, 0.3) is 0 Å². The highest BCUT2D eigenvalue weighted by atomic mass is 16.5. The highest BCUT2D eigenvalue weighted by Gasteiger charge is 2.30. The van der Waals surface area contributed by atoms with Crippen molar-refractivity contribution >= 4 is 5.97 Å². The van der Waals surface area contributed by atoms with Gasteiger partial charge >= 0.3 is 5.97 Å². The van der Waals surface area contributed by atoms with Crippen LogP contribution in [0.4, 0.5) is 0 Å². The Balaban J connectivity index is 2.03. The molecule has 1 aromatic rings. The lowest BCUT2D eigenvalue weighted by atomic mass is 9.95. The number of aliphatic hydroxyl groups excluding tert-OH is 1. The van der Waals surface area contributed by atoms with E-state index in [0.717, 1.165) is 5.56 Å². The van der Waals surface area contributed by atoms with Crippen molar-refractivity contribution in [3.8, 4) is 11.5 Å². The fraction of sp³-hybridized carbons (Fsp3) is 0.500. The molecule has 0 aliphatic carbocycles. The summed E-state index contributed by atoms with van der Waals surface area (Å²) in [7, 11) is 1.36. The first kappa shape index (κ1) is 13.7. The van der Waals surface area contributed by atoms with Gasteiger partial charge in [-0.25, -0.2) is 0 Å². The topological polar surface area (TPSA) is 65.0 Å². The lowest BCUT2D eigenvalue weighted by Crippen LogP contribution is -2.32. The summed E-state index contributed by atoms with van der Waals surface area (Å²) in [6.45, 7) is 3.99. The van der Waals surface area contributed by atoms with Gasteiger partial charge in [0.1, 0.15) is 30.8 Å². The molecule has 0 saturated carbocycles. The Labute approximate surface area is 112 Å². The second kappa shape index (κ2) is 5.09. The highest BCUT2D eigenvalue weighted by Crippen LogP contribution is 2.35. The quantitative estimate of drug-likeness (QED) is 0.840. The summed E-state index contributed by atoms with van der Waals surface area (Å²) >= 11 is 0. The molecule has 5 nitrogen and oxygen atoms in total. The SMILES string of the molecule is COC(=O)C(C)(C)COc1ccc2c(c1)OCC2O. The van der Waals surface area contributed by atoms with E-state index in [0.29, 0.717) is 11.5 Å². The van der Waals surface area contributed by atoms with E-state index in [1.54, 1.807) is 32.0 Å². The number of carbonyl (C=O) groups excluding carboxylic acids is 1. The Morgan fingerprint density at radius 3 is 2.95 bits per heavy atom. The zero-order chi connectivity index (χ0) is 14.0. The summed E-state index contributed by atoms with van der Waals surface area (Å²) in [6, 6.07) is 5.25. The maximum Gasteiger partial charge on any atom is 0.314 e. The van der Waals surface area contributed by atoms with E-state index in [1.807, 2.05) is 0 Å². The van der Waals surface area contributed by atoms with Gasteiger partial charge in [-0.2, -0.15) is 0 Å². The molecule has 0 aromatic heterocycles. The van der Waals surface area contributed by atoms with Crippen LogP contribution < -0.4 is 9.47 Å². The van der Waals surface area contributed by atoms with Crippen LogP contribution in [0.2, 0.25) is 0 Å². The summed E-state index contributed by atoms with van der Waals surface area (Å²) in [5.74, 6) is 0.908. The number of methoxy groups -OCH3 is 1. The van der Waals surface area contributed by atoms with Crippen LogP contribution in [0.3, 0.4) is 0 Å². The molecule has 2 rings (SSSR count). The second-order valence-electron chi connectivity index (χ2n) is 5.19. The fourth-order valence-corrected chi connectivity index (χ4v) is 1.86. The molecule has 5 heteroatoms. The molecular weight excluding hydrogens is 248 g/mol. The maximum atomic E-state index is 11.5. The van der Waals surface area contributed by atoms with Crippen molar-refractivity contribution in [2.75, 3.05) is 20.3 Å². The van der Waals surface area contributed by atoms with Crippen LogP contribution in [0, 0.1) is 5.41 Å². The molecule has 1 N–H and O–H groups in total. The predicted molar refractivity (Wildman–Crippen MR) is 68.2 cm³/mol. The number of esters is 1. The molecule has 1 unspecified atom stereocenters. The van der Waals surface area contributed by atoms with Gasteiger partial charge in [-0.3, -0.25) is 4.79 Å². The van der Waals surface area contributed by atoms with E-state index in [-0.39, 0.29) is 19.2 Å². The van der Waals surface area contributed by atoms with Crippen LogP contribution in [0.1, 0.15) is 25.5 Å². The van der Waals surface area contributed by atoms with Crippen molar-refractivity contribution < 1.29 is 24.1 Å². The van der Waals surface area contributed by atoms with Gasteiger partial charge < -0.3 is 19.3 Å². The molecular formula is C14H18O5. The summed E-state index contributed by atoms with van der Waals surface area (Å²) in [4.78, 5) is 11.5. The summed E-state index contributed by atoms with van der Waals surface area (Å²) in [5, 5.41) is 9.61. The first-order chi connectivity index (χ1) is 8.94. The van der Waals surface area contributed by atoms with Gasteiger partial charge in [0.15, 0.2) is 0 Å². The average molecular weight is 266 g/mol. The van der Waals surface area contributed by atoms with E-state index in [1.165, 1.54) is 7.11 Å². The molecule has 104 valence electrons. The van der Waals surface area contributed by atoms with Gasteiger partial charge in [0.2, 0.25) is 0 Å². The van der Waals surface area contributed by atoms with Gasteiger partial charge in [-0.1, -0.05) is 0 Å². The molecule has 0 bridgehead atoms. The Bertz CT molecular complexity index is 481. The lowest BCUT2D eigenvalue weighted by Gasteiger charge is -2.21. The smallest absolute Gasteiger partial charge is 0.314 e. The molecule has 1 aromatic carbocycles. The van der Waals surface area contributed by atoms with Crippen molar-refractivity contribution in [3.05, 3.63) is 23.8 Å². The number of hydrogen-bond acceptors (Lipinski definition) is 5. The largest absolute Gasteiger partial charge is 0.492 e. The number of fused-ring (bicyclic) bond motifs is 1. The van der Waals surface area contributed by atoms with Gasteiger partial charge in [0.25, 0.3) is 0 Å². The second-order valence-corrected chi connectivity index (χ2v) is 5.19. The summed E-state index contributed by atoms with van der Waals surface area (Å²) in [5.41, 5.74) is 0.0493. The zero-order valence-corrected chi connectivity index (χ0v) is 11.3. The fourth-order valence-electron chi connectivity index (χ4n) is 1.86. The van der Waals surface area contributed by atoms with Crippen molar-refractivity contribution in [3.63, 3.8) is 0 Å². The van der Waals surface area contributed by atoms with Crippen molar-refractivity contribution in [2.45, 2.75) is 20.0 Å². The molecule has 0 fully saturated rings. The third-order valence-electron chi connectivity index (χ3n) is 3.08. The van der Waals surface area contributed by atoms with E-state index in [9.17, 15) is 9.90 Å². The Morgan fingerprint density at radius 1 is 1.53 bits per heavy atom. The van der Waals surface area contributed by atoms with Crippen LogP contribution in [0.5, 0.6) is 11.5 Å². The van der Waals surface area contributed by atoms with E-state index >= 15 is 0 Å². The molecule has 1 aliphatic heterocycles. The van der Waals surface area contributed by atoms with Gasteiger partial charge in [0, 0.05) is 11.6 Å². The van der Waals surface area contributed by atoms with Crippen molar-refractivity contribution in [2.24, 2.45) is 5.41 Å². The number of aliphatic hydroxyl groups is 1. The van der Waals surface area contributed by atoms with Crippen molar-refractivity contribution in [1.82, 2.24) is 0 Å². The van der Waals surface area contributed by atoms with E-state index in [2.05, 4.69) is 0 Å². The Kier molecular flexibility index (Phi) is 3.66. The molecule has 1 heterocycles. The average Bonchev–Trinajstić information content (AvgIpc) is 2.77. The zero-order valence-electron chi connectivity index (χ0n) is 11.3. The monoisotopic (exact) mass is 266 g/mol. The van der Waals surface area contributed by atoms with E-state index in [4.69, 9.17) is 14.2 Å². The molecule has 1 atom stereocenters. The molecule has 0 amide bonds. The Morgan fingerprint density at radius 2 is 2.26 bits per heavy atom. The van der Waals surface area contributed by atoms with Gasteiger partial charge in [-0.05, 0) is 26.0 Å². The number of benzene rings is 1. The van der Waals surface area contributed by atoms with Crippen LogP contribution in [0.15, 0.2) is 18.2 Å². The van der Waals surface area contributed by atoms with Crippen LogP contribution in [-0.2, 0) is 9.53 Å². The van der Waals surface area contributed by atoms with Crippen molar-refractivity contribution in [1.29, 1.82) is 0 Å². The summed E-state index contributed by atoms with van der Waals surface area (Å²) < 4.78 is 15.6. The van der Waals surface area contributed by atoms with Crippen LogP contribution in [-0.4, -0.2) is 31.4 Å². The first-order valence-corrected chi connectivity index (χ1v) is 6.10. The van der Waals surface area contributed by atoms with E-state index < -0.39 is 11.5 Å².